The van der Waals surface area contributed by atoms with E-state index in [-0.39, 0.29) is 21.4 Å². The van der Waals surface area contributed by atoms with Crippen LogP contribution in [-0.2, 0) is 18.0 Å². The van der Waals surface area contributed by atoms with Gasteiger partial charge in [0.15, 0.2) is 0 Å². The maximum atomic E-state index is 15.2. The Bertz CT molecular complexity index is 1560. The number of ether oxygens (including phenoxy) is 1. The third kappa shape index (κ3) is 7.54. The van der Waals surface area contributed by atoms with Crippen molar-refractivity contribution in [1.82, 2.24) is 9.97 Å². The van der Waals surface area contributed by atoms with Crippen molar-refractivity contribution in [1.29, 1.82) is 5.26 Å². The molecule has 0 saturated carbocycles. The topological polar surface area (TPSA) is 108 Å². The molecule has 0 amide bonds. The first-order valence-corrected chi connectivity index (χ1v) is 16.6. The highest BCUT2D eigenvalue weighted by Gasteiger charge is 2.40. The van der Waals surface area contributed by atoms with E-state index in [9.17, 15) is 10.4 Å². The Kier molecular flexibility index (Phi) is 12.2. The number of nitrogens with two attached hydrogens (primary N) is 1. The molecule has 1 aromatic heterocycles. The number of fused-ring (bicyclic) bond motifs is 3. The molecule has 4 rings (SSSR count). The predicted molar refractivity (Wildman–Crippen MR) is 186 cm³/mol. The molecular formula is C34H47FN5O2PS. The lowest BCUT2D eigenvalue weighted by molar-refractivity contribution is 0.0443. The lowest BCUT2D eigenvalue weighted by atomic mass is 9.86. The number of aromatic nitrogens is 2. The van der Waals surface area contributed by atoms with Crippen molar-refractivity contribution >= 4 is 48.7 Å². The number of allylic oxidation sites excluding steroid dienone is 5. The Labute approximate surface area is 268 Å². The fourth-order valence-electron chi connectivity index (χ4n) is 5.13. The molecule has 2 aliphatic rings. The van der Waals surface area contributed by atoms with Gasteiger partial charge >= 0.3 is 0 Å². The third-order valence-corrected chi connectivity index (χ3v) is 9.88. The number of β-amino-alcohol motifs (C(OH)–C–C–N with tert-alkyl or cyclic N) is 1. The molecule has 0 bridgehead atoms. The zero-order chi connectivity index (χ0) is 32.9. The number of aliphatic hydroxyl groups is 1. The molecule has 3 unspecified atom stereocenters. The first-order chi connectivity index (χ1) is 20.7. The van der Waals surface area contributed by atoms with Gasteiger partial charge in [-0.1, -0.05) is 71.0 Å². The van der Waals surface area contributed by atoms with Crippen LogP contribution in [0.3, 0.4) is 0 Å². The molecule has 0 aliphatic carbocycles. The molecule has 2 aliphatic heterocycles. The molecule has 2 aromatic rings. The lowest BCUT2D eigenvalue weighted by Gasteiger charge is -2.23. The SMILES string of the molecule is C=C(N)SC(=C(C#N)/C(=C(\C)CC)c1c2c(c3cnc(N4CC(C)C(C)(O)C4)nc3c1P)COC2)/C(F)=C\C.CCC(C)C. The smallest absolute Gasteiger partial charge is 0.226 e. The van der Waals surface area contributed by atoms with Crippen LogP contribution in [0.5, 0.6) is 0 Å². The molecule has 1 aromatic carbocycles. The lowest BCUT2D eigenvalue weighted by Crippen LogP contribution is -2.33. The number of hydrogen-bond donors (Lipinski definition) is 2. The van der Waals surface area contributed by atoms with Gasteiger partial charge in [0.05, 0.1) is 39.8 Å². The van der Waals surface area contributed by atoms with Crippen molar-refractivity contribution in [2.24, 2.45) is 17.6 Å². The predicted octanol–water partition coefficient (Wildman–Crippen LogP) is 7.42. The fraction of sp³-hybridized carbons (Fsp3) is 0.500. The van der Waals surface area contributed by atoms with E-state index in [0.29, 0.717) is 49.8 Å². The summed E-state index contributed by atoms with van der Waals surface area (Å²) < 4.78 is 21.1. The van der Waals surface area contributed by atoms with Gasteiger partial charge in [-0.25, -0.2) is 14.4 Å². The summed E-state index contributed by atoms with van der Waals surface area (Å²) in [5.74, 6) is 0.944. The Morgan fingerprint density at radius 3 is 2.52 bits per heavy atom. The Balaban J connectivity index is 0.000000978. The van der Waals surface area contributed by atoms with E-state index < -0.39 is 11.4 Å². The summed E-state index contributed by atoms with van der Waals surface area (Å²) in [5.41, 5.74) is 10.2. The van der Waals surface area contributed by atoms with Crippen LogP contribution in [0.25, 0.3) is 16.5 Å². The number of thioether (sulfide) groups is 1. The largest absolute Gasteiger partial charge is 0.394 e. The van der Waals surface area contributed by atoms with Gasteiger partial charge in [0.2, 0.25) is 5.95 Å². The zero-order valence-corrected chi connectivity index (χ0v) is 29.3. The number of halogens is 1. The molecular weight excluding hydrogens is 592 g/mol. The van der Waals surface area contributed by atoms with E-state index in [1.165, 1.54) is 12.5 Å². The minimum Gasteiger partial charge on any atom is -0.394 e. The van der Waals surface area contributed by atoms with Gasteiger partial charge in [-0.15, -0.1) is 9.24 Å². The molecule has 10 heteroatoms. The maximum absolute atomic E-state index is 15.2. The van der Waals surface area contributed by atoms with E-state index >= 15 is 4.39 Å². The van der Waals surface area contributed by atoms with Crippen LogP contribution >= 0.6 is 21.0 Å². The Morgan fingerprint density at radius 2 is 2.02 bits per heavy atom. The average Bonchev–Trinajstić information content (AvgIpc) is 3.58. The molecule has 3 heterocycles. The van der Waals surface area contributed by atoms with E-state index in [1.807, 2.05) is 38.8 Å². The first-order valence-electron chi connectivity index (χ1n) is 15.2. The monoisotopic (exact) mass is 639 g/mol. The zero-order valence-electron chi connectivity index (χ0n) is 27.3. The highest BCUT2D eigenvalue weighted by Crippen LogP contribution is 2.43. The number of benzene rings is 1. The highest BCUT2D eigenvalue weighted by molar-refractivity contribution is 8.06. The van der Waals surface area contributed by atoms with Crippen LogP contribution in [0.2, 0.25) is 0 Å². The number of nitrogens with zero attached hydrogens (tertiary/aromatic N) is 4. The Morgan fingerprint density at radius 1 is 1.39 bits per heavy atom. The van der Waals surface area contributed by atoms with Gasteiger partial charge in [-0.2, -0.15) is 5.26 Å². The standard InChI is InChI=1S/C29H35FN5O2PS.C5H12/c1-7-15(3)23(18(9-31)27(22(30)8-2)39-17(5)32)24-21-13-37-12-20(21)19-10-33-28(34-25(19)26(24)38)35-11-16(4)29(6,36)14-35;1-4-5(2)3/h8,10,16,36H,5,7,11-14,32,38H2,1-4,6H3;5H,4H2,1-3H3/b22-8+,23-15-,27-18+;. The maximum Gasteiger partial charge on any atom is 0.226 e. The van der Waals surface area contributed by atoms with Crippen LogP contribution < -0.4 is 15.9 Å². The van der Waals surface area contributed by atoms with Crippen molar-refractivity contribution in [2.75, 3.05) is 18.0 Å². The van der Waals surface area contributed by atoms with Crippen LogP contribution in [-0.4, -0.2) is 33.8 Å². The van der Waals surface area contributed by atoms with Crippen molar-refractivity contribution < 1.29 is 14.2 Å². The fourth-order valence-corrected chi connectivity index (χ4v) is 6.39. The summed E-state index contributed by atoms with van der Waals surface area (Å²) in [7, 11) is 2.80. The van der Waals surface area contributed by atoms with E-state index in [2.05, 4.69) is 47.6 Å². The summed E-state index contributed by atoms with van der Waals surface area (Å²) in [6, 6.07) is 2.28. The minimum absolute atomic E-state index is 0.0658. The van der Waals surface area contributed by atoms with Gasteiger partial charge < -0.3 is 20.5 Å². The van der Waals surface area contributed by atoms with Gasteiger partial charge in [-0.3, -0.25) is 0 Å². The minimum atomic E-state index is -0.836. The van der Waals surface area contributed by atoms with Crippen LogP contribution in [0.15, 0.2) is 45.8 Å². The second-order valence-corrected chi connectivity index (χ2v) is 13.9. The summed E-state index contributed by atoms with van der Waals surface area (Å²) in [4.78, 5) is 11.8. The molecule has 7 nitrogen and oxygen atoms in total. The van der Waals surface area contributed by atoms with Crippen molar-refractivity contribution in [3.8, 4) is 6.07 Å². The third-order valence-electron chi connectivity index (χ3n) is 8.45. The summed E-state index contributed by atoms with van der Waals surface area (Å²) in [6.45, 7) is 21.6. The number of nitriles is 1. The van der Waals surface area contributed by atoms with Crippen molar-refractivity contribution in [3.63, 3.8) is 0 Å². The van der Waals surface area contributed by atoms with Crippen molar-refractivity contribution in [2.45, 2.75) is 87.0 Å². The summed E-state index contributed by atoms with van der Waals surface area (Å²) in [5, 5.41) is 23.0. The van der Waals surface area contributed by atoms with Gasteiger partial charge in [0.25, 0.3) is 0 Å². The molecule has 3 atom stereocenters. The van der Waals surface area contributed by atoms with E-state index in [4.69, 9.17) is 15.5 Å². The van der Waals surface area contributed by atoms with Crippen LogP contribution in [0.1, 0.15) is 84.9 Å². The second kappa shape index (κ2) is 15.0. The van der Waals surface area contributed by atoms with Crippen LogP contribution in [0, 0.1) is 23.2 Å². The highest BCUT2D eigenvalue weighted by atomic mass is 32.2. The number of hydrogen-bond acceptors (Lipinski definition) is 8. The molecule has 0 radical (unpaired) electrons. The molecule has 44 heavy (non-hydrogen) atoms. The van der Waals surface area contributed by atoms with Gasteiger partial charge in [0, 0.05) is 41.5 Å². The molecule has 3 N–H and O–H groups in total. The van der Waals surface area contributed by atoms with Crippen molar-refractivity contribution in [3.05, 3.63) is 62.4 Å². The van der Waals surface area contributed by atoms with E-state index in [0.717, 1.165) is 50.6 Å². The first kappa shape index (κ1) is 35.7. The summed E-state index contributed by atoms with van der Waals surface area (Å²) in [6.07, 6.45) is 5.09. The number of anilines is 1. The quantitative estimate of drug-likeness (QED) is 0.175. The normalized spacial score (nSPS) is 21.0. The van der Waals surface area contributed by atoms with Crippen LogP contribution in [0.4, 0.5) is 10.3 Å². The average molecular weight is 640 g/mol. The summed E-state index contributed by atoms with van der Waals surface area (Å²) >= 11 is 0.947. The Hall–Kier alpha value is -2.76. The van der Waals surface area contributed by atoms with Gasteiger partial charge in [-0.05, 0) is 49.8 Å². The molecule has 238 valence electrons. The number of rotatable bonds is 8. The molecule has 1 saturated heterocycles. The second-order valence-electron chi connectivity index (χ2n) is 12.1. The van der Waals surface area contributed by atoms with Gasteiger partial charge in [0.1, 0.15) is 11.9 Å². The molecule has 0 spiro atoms. The molecule has 1 fully saturated rings. The van der Waals surface area contributed by atoms with E-state index in [1.54, 1.807) is 6.92 Å².